The molecule has 1 aliphatic heterocycles. The smallest absolute Gasteiger partial charge is 0.209 e. The second kappa shape index (κ2) is 8.70. The number of imidazole rings is 1. The number of fused-ring (bicyclic) bond motifs is 2. The Morgan fingerprint density at radius 2 is 1.94 bits per heavy atom. The van der Waals surface area contributed by atoms with Gasteiger partial charge in [0.2, 0.25) is 6.41 Å². The maximum Gasteiger partial charge on any atom is 0.209 e. The van der Waals surface area contributed by atoms with E-state index in [1.807, 2.05) is 66.3 Å². The maximum atomic E-state index is 11.1. The lowest BCUT2D eigenvalue weighted by atomic mass is 10.0. The molecule has 0 spiro atoms. The van der Waals surface area contributed by atoms with Gasteiger partial charge in [-0.05, 0) is 35.7 Å². The first-order valence-corrected chi connectivity index (χ1v) is 11.4. The molecule has 6 rings (SSSR count). The summed E-state index contributed by atoms with van der Waals surface area (Å²) in [5.41, 5.74) is 6.10. The van der Waals surface area contributed by atoms with Crippen LogP contribution in [0.4, 0.5) is 0 Å². The summed E-state index contributed by atoms with van der Waals surface area (Å²) in [5, 5.41) is 5.82. The van der Waals surface area contributed by atoms with Crippen LogP contribution < -0.4 is 0 Å². The Bertz CT molecular complexity index is 1610. The molecule has 1 fully saturated rings. The highest BCUT2D eigenvalue weighted by atomic mass is 16.5. The van der Waals surface area contributed by atoms with Crippen molar-refractivity contribution in [2.75, 3.05) is 19.7 Å². The molecular weight excluding hydrogens is 440 g/mol. The molecule has 1 aliphatic rings. The van der Waals surface area contributed by atoms with Crippen LogP contribution in [0.3, 0.4) is 0 Å². The van der Waals surface area contributed by atoms with E-state index < -0.39 is 0 Å². The zero-order valence-electron chi connectivity index (χ0n) is 19.1. The summed E-state index contributed by atoms with van der Waals surface area (Å²) in [5.74, 6) is 6.49. The van der Waals surface area contributed by atoms with E-state index in [-0.39, 0.29) is 6.10 Å². The normalized spacial score (nSPS) is 15.8. The third-order valence-corrected chi connectivity index (χ3v) is 6.28. The molecule has 5 heterocycles. The van der Waals surface area contributed by atoms with E-state index in [1.165, 1.54) is 0 Å². The predicted molar refractivity (Wildman–Crippen MR) is 131 cm³/mol. The maximum absolute atomic E-state index is 11.1. The summed E-state index contributed by atoms with van der Waals surface area (Å²) < 4.78 is 9.60. The number of hydrogen-bond acceptors (Lipinski definition) is 5. The number of nitrogens with zero attached hydrogens (tertiary/aromatic N) is 6. The summed E-state index contributed by atoms with van der Waals surface area (Å²) in [4.78, 5) is 21.7. The molecule has 5 aromatic rings. The summed E-state index contributed by atoms with van der Waals surface area (Å²) in [6, 6.07) is 16.0. The van der Waals surface area contributed by atoms with Gasteiger partial charge in [0.1, 0.15) is 17.4 Å². The van der Waals surface area contributed by atoms with Gasteiger partial charge in [-0.1, -0.05) is 30.2 Å². The van der Waals surface area contributed by atoms with Gasteiger partial charge >= 0.3 is 0 Å². The number of morpholine rings is 1. The zero-order chi connectivity index (χ0) is 23.8. The SMILES string of the molecule is Cn1ccc2c(C#Cc3cnc4ccc(-c5ccc(C6CN(C=O)CCO6)cc5)nn34)ccnc21. The van der Waals surface area contributed by atoms with Crippen LogP contribution in [0, 0.1) is 11.8 Å². The Labute approximate surface area is 201 Å². The van der Waals surface area contributed by atoms with Crippen LogP contribution in [0.25, 0.3) is 27.9 Å². The third-order valence-electron chi connectivity index (χ3n) is 6.28. The van der Waals surface area contributed by atoms with Crippen molar-refractivity contribution in [1.82, 2.24) is 29.0 Å². The van der Waals surface area contributed by atoms with E-state index in [4.69, 9.17) is 9.84 Å². The fourth-order valence-electron chi connectivity index (χ4n) is 4.35. The average Bonchev–Trinajstić information content (AvgIpc) is 3.50. The molecule has 1 aromatic carbocycles. The number of benzene rings is 1. The molecule has 0 bridgehead atoms. The van der Waals surface area contributed by atoms with Crippen LogP contribution in [0.1, 0.15) is 22.9 Å². The number of rotatable bonds is 3. The number of aryl methyl sites for hydroxylation is 1. The van der Waals surface area contributed by atoms with Gasteiger partial charge in [0.05, 0.1) is 25.0 Å². The lowest BCUT2D eigenvalue weighted by Crippen LogP contribution is -2.37. The van der Waals surface area contributed by atoms with Gasteiger partial charge in [0.15, 0.2) is 5.65 Å². The summed E-state index contributed by atoms with van der Waals surface area (Å²) in [6.07, 6.45) is 6.26. The predicted octanol–water partition coefficient (Wildman–Crippen LogP) is 3.21. The number of pyridine rings is 1. The lowest BCUT2D eigenvalue weighted by molar-refractivity contribution is -0.125. The molecule has 35 heavy (non-hydrogen) atoms. The van der Waals surface area contributed by atoms with Gasteiger partial charge in [-0.2, -0.15) is 5.10 Å². The van der Waals surface area contributed by atoms with Gasteiger partial charge in [0, 0.05) is 42.5 Å². The number of carbonyl (C=O) groups excluding carboxylic acids is 1. The molecular formula is C27H22N6O2. The largest absolute Gasteiger partial charge is 0.370 e. The molecule has 0 saturated carbocycles. The fraction of sp³-hybridized carbons (Fsp3) is 0.185. The van der Waals surface area contributed by atoms with E-state index in [0.717, 1.165) is 45.5 Å². The third kappa shape index (κ3) is 3.92. The molecule has 172 valence electrons. The standard InChI is InChI=1S/C27H22N6O2/c1-31-13-11-23-19(10-12-28-27(23)31)6-7-22-16-29-26-9-8-24(30-33(22)26)20-2-4-21(5-3-20)25-17-32(18-34)14-15-35-25/h2-5,8-13,16,18,25H,14-15,17H2,1H3. The Kier molecular flexibility index (Phi) is 5.24. The first-order valence-electron chi connectivity index (χ1n) is 11.4. The molecule has 0 aliphatic carbocycles. The minimum Gasteiger partial charge on any atom is -0.370 e. The number of aromatic nitrogens is 5. The highest BCUT2D eigenvalue weighted by molar-refractivity contribution is 5.83. The van der Waals surface area contributed by atoms with Crippen molar-refractivity contribution in [3.8, 4) is 23.1 Å². The number of amides is 1. The minimum absolute atomic E-state index is 0.113. The van der Waals surface area contributed by atoms with Crippen molar-refractivity contribution in [2.45, 2.75) is 6.10 Å². The fourth-order valence-corrected chi connectivity index (χ4v) is 4.35. The van der Waals surface area contributed by atoms with E-state index >= 15 is 0 Å². The van der Waals surface area contributed by atoms with E-state index in [0.29, 0.717) is 25.4 Å². The van der Waals surface area contributed by atoms with E-state index in [1.54, 1.807) is 21.8 Å². The summed E-state index contributed by atoms with van der Waals surface area (Å²) >= 11 is 0. The van der Waals surface area contributed by atoms with Crippen LogP contribution in [0.2, 0.25) is 0 Å². The van der Waals surface area contributed by atoms with Crippen molar-refractivity contribution in [3.05, 3.63) is 83.9 Å². The molecule has 0 N–H and O–H groups in total. The Morgan fingerprint density at radius 1 is 1.06 bits per heavy atom. The van der Waals surface area contributed by atoms with Gasteiger partial charge < -0.3 is 14.2 Å². The second-order valence-corrected chi connectivity index (χ2v) is 8.49. The lowest BCUT2D eigenvalue weighted by Gasteiger charge is -2.30. The Morgan fingerprint density at radius 3 is 2.80 bits per heavy atom. The van der Waals surface area contributed by atoms with Gasteiger partial charge in [0.25, 0.3) is 0 Å². The highest BCUT2D eigenvalue weighted by Gasteiger charge is 2.21. The Balaban J connectivity index is 1.30. The molecule has 1 atom stereocenters. The quantitative estimate of drug-likeness (QED) is 0.304. The van der Waals surface area contributed by atoms with Gasteiger partial charge in [-0.3, -0.25) is 4.79 Å². The molecule has 1 amide bonds. The zero-order valence-corrected chi connectivity index (χ0v) is 19.1. The molecule has 1 unspecified atom stereocenters. The van der Waals surface area contributed by atoms with Gasteiger partial charge in [-0.15, -0.1) is 0 Å². The minimum atomic E-state index is -0.113. The second-order valence-electron chi connectivity index (χ2n) is 8.49. The van der Waals surface area contributed by atoms with Crippen LogP contribution in [0.15, 0.2) is 67.1 Å². The Hall–Kier alpha value is -4.48. The van der Waals surface area contributed by atoms with Crippen molar-refractivity contribution in [3.63, 3.8) is 0 Å². The summed E-state index contributed by atoms with van der Waals surface area (Å²) in [7, 11) is 1.97. The number of hydrogen-bond donors (Lipinski definition) is 0. The molecule has 8 nitrogen and oxygen atoms in total. The molecule has 0 radical (unpaired) electrons. The van der Waals surface area contributed by atoms with E-state index in [9.17, 15) is 4.79 Å². The van der Waals surface area contributed by atoms with Crippen molar-refractivity contribution >= 4 is 23.1 Å². The first kappa shape index (κ1) is 21.1. The molecule has 4 aromatic heterocycles. The number of ether oxygens (including phenoxy) is 1. The van der Waals surface area contributed by atoms with E-state index in [2.05, 4.69) is 21.8 Å². The molecule has 1 saturated heterocycles. The van der Waals surface area contributed by atoms with Crippen LogP contribution >= 0.6 is 0 Å². The van der Waals surface area contributed by atoms with Crippen LogP contribution in [-0.2, 0) is 16.6 Å². The first-order chi connectivity index (χ1) is 17.2. The highest BCUT2D eigenvalue weighted by Crippen LogP contribution is 2.25. The van der Waals surface area contributed by atoms with Crippen LogP contribution in [-0.4, -0.2) is 55.2 Å². The number of carbonyl (C=O) groups is 1. The monoisotopic (exact) mass is 462 g/mol. The average molecular weight is 463 g/mol. The molecule has 8 heteroatoms. The van der Waals surface area contributed by atoms with Crippen LogP contribution in [0.5, 0.6) is 0 Å². The van der Waals surface area contributed by atoms with Gasteiger partial charge in [-0.25, -0.2) is 14.5 Å². The van der Waals surface area contributed by atoms with Crippen molar-refractivity contribution in [1.29, 1.82) is 0 Å². The topological polar surface area (TPSA) is 77.5 Å². The summed E-state index contributed by atoms with van der Waals surface area (Å²) in [6.45, 7) is 1.75. The van der Waals surface area contributed by atoms with Crippen molar-refractivity contribution in [2.24, 2.45) is 7.05 Å². The van der Waals surface area contributed by atoms with Crippen molar-refractivity contribution < 1.29 is 9.53 Å².